The Morgan fingerprint density at radius 2 is 2.29 bits per heavy atom. The van der Waals surface area contributed by atoms with Gasteiger partial charge in [-0.3, -0.25) is 4.79 Å². The third-order valence-corrected chi connectivity index (χ3v) is 3.78. The van der Waals surface area contributed by atoms with E-state index in [0.717, 1.165) is 19.4 Å². The van der Waals surface area contributed by atoms with Crippen molar-refractivity contribution in [3.05, 3.63) is 34.9 Å². The van der Waals surface area contributed by atoms with E-state index in [1.165, 1.54) is 0 Å². The van der Waals surface area contributed by atoms with E-state index < -0.39 is 6.10 Å². The Morgan fingerprint density at radius 3 is 3.00 bits per heavy atom. The molecule has 1 aromatic carbocycles. The molecule has 1 amide bonds. The fourth-order valence-corrected chi connectivity index (χ4v) is 2.54. The molecule has 1 aliphatic rings. The van der Waals surface area contributed by atoms with E-state index in [1.54, 1.807) is 24.3 Å². The molecule has 21 heavy (non-hydrogen) atoms. The number of halogens is 1. The van der Waals surface area contributed by atoms with E-state index in [9.17, 15) is 9.90 Å². The van der Waals surface area contributed by atoms with Gasteiger partial charge < -0.3 is 20.5 Å². The zero-order chi connectivity index (χ0) is 15.1. The van der Waals surface area contributed by atoms with Gasteiger partial charge in [0.25, 0.3) is 0 Å². The predicted octanol–water partition coefficient (Wildman–Crippen LogP) is 1.26. The summed E-state index contributed by atoms with van der Waals surface area (Å²) in [7, 11) is 0. The topological polar surface area (TPSA) is 70.6 Å². The van der Waals surface area contributed by atoms with Gasteiger partial charge in [0.1, 0.15) is 0 Å². The minimum atomic E-state index is -0.805. The predicted molar refractivity (Wildman–Crippen MR) is 81.3 cm³/mol. The van der Waals surface area contributed by atoms with Crippen LogP contribution in [-0.4, -0.2) is 43.4 Å². The lowest BCUT2D eigenvalue weighted by Gasteiger charge is -2.14. The van der Waals surface area contributed by atoms with E-state index in [1.807, 2.05) is 0 Å². The number of amides is 1. The van der Waals surface area contributed by atoms with E-state index >= 15 is 0 Å². The van der Waals surface area contributed by atoms with Crippen LogP contribution in [0, 0.1) is 0 Å². The molecule has 116 valence electrons. The first-order valence-electron chi connectivity index (χ1n) is 7.18. The van der Waals surface area contributed by atoms with Gasteiger partial charge in [-0.2, -0.15) is 0 Å². The van der Waals surface area contributed by atoms with Crippen LogP contribution in [0.1, 0.15) is 24.5 Å². The Kier molecular flexibility index (Phi) is 6.45. The minimum Gasteiger partial charge on any atom is -0.387 e. The highest BCUT2D eigenvalue weighted by atomic mass is 35.5. The molecule has 0 radical (unpaired) electrons. The highest BCUT2D eigenvalue weighted by Gasteiger charge is 2.16. The number of rotatable bonds is 7. The van der Waals surface area contributed by atoms with E-state index in [0.29, 0.717) is 17.1 Å². The Balaban J connectivity index is 1.65. The molecule has 1 heterocycles. The van der Waals surface area contributed by atoms with Gasteiger partial charge in [-0.15, -0.1) is 0 Å². The fourth-order valence-electron chi connectivity index (χ4n) is 2.28. The lowest BCUT2D eigenvalue weighted by Crippen LogP contribution is -2.38. The summed E-state index contributed by atoms with van der Waals surface area (Å²) < 4.78 is 5.46. The number of hydrogen-bond acceptors (Lipinski definition) is 4. The molecule has 0 bridgehead atoms. The second kappa shape index (κ2) is 8.34. The summed E-state index contributed by atoms with van der Waals surface area (Å²) in [6.45, 7) is 1.85. The summed E-state index contributed by atoms with van der Waals surface area (Å²) >= 11 is 5.99. The van der Waals surface area contributed by atoms with Crippen molar-refractivity contribution in [1.29, 1.82) is 0 Å². The highest BCUT2D eigenvalue weighted by Crippen LogP contribution is 2.21. The van der Waals surface area contributed by atoms with Crippen molar-refractivity contribution < 1.29 is 14.6 Å². The number of carbonyl (C=O) groups excluding carboxylic acids is 1. The summed E-state index contributed by atoms with van der Waals surface area (Å²) in [6.07, 6.45) is 1.54. The standard InChI is InChI=1S/C15H21ClN2O3/c16-13-6-2-1-5-12(13)14(19)9-18-15(20)10-17-8-11-4-3-7-21-11/h1-2,5-6,11,14,17,19H,3-4,7-10H2,(H,18,20)/t11-,14+/m1/s1. The van der Waals surface area contributed by atoms with E-state index in [4.69, 9.17) is 16.3 Å². The second-order valence-electron chi connectivity index (χ2n) is 5.11. The molecule has 0 unspecified atom stereocenters. The summed E-state index contributed by atoms with van der Waals surface area (Å²) in [5.41, 5.74) is 0.617. The number of aliphatic hydroxyl groups is 1. The van der Waals surface area contributed by atoms with Gasteiger partial charge >= 0.3 is 0 Å². The number of carbonyl (C=O) groups is 1. The SMILES string of the molecule is O=C(CNC[C@H]1CCCO1)NC[C@H](O)c1ccccc1Cl. The molecule has 0 aromatic heterocycles. The number of benzene rings is 1. The second-order valence-corrected chi connectivity index (χ2v) is 5.51. The molecular formula is C15H21ClN2O3. The first-order chi connectivity index (χ1) is 10.2. The maximum absolute atomic E-state index is 11.7. The van der Waals surface area contributed by atoms with Crippen molar-refractivity contribution in [3.8, 4) is 0 Å². The molecule has 0 saturated carbocycles. The lowest BCUT2D eigenvalue weighted by atomic mass is 10.1. The minimum absolute atomic E-state index is 0.143. The first kappa shape index (κ1) is 16.2. The van der Waals surface area contributed by atoms with Crippen molar-refractivity contribution in [2.45, 2.75) is 25.0 Å². The van der Waals surface area contributed by atoms with Crippen LogP contribution in [0.2, 0.25) is 5.02 Å². The average Bonchev–Trinajstić information content (AvgIpc) is 2.98. The molecule has 5 nitrogen and oxygen atoms in total. The van der Waals surface area contributed by atoms with Gasteiger partial charge in [0.05, 0.1) is 18.8 Å². The van der Waals surface area contributed by atoms with E-state index in [-0.39, 0.29) is 25.1 Å². The summed E-state index contributed by atoms with van der Waals surface area (Å²) in [6, 6.07) is 7.06. The van der Waals surface area contributed by atoms with Crippen LogP contribution in [0.5, 0.6) is 0 Å². The molecule has 6 heteroatoms. The maximum atomic E-state index is 11.7. The van der Waals surface area contributed by atoms with Gasteiger partial charge in [-0.25, -0.2) is 0 Å². The number of aliphatic hydroxyl groups excluding tert-OH is 1. The molecule has 1 aromatic rings. The van der Waals surface area contributed by atoms with Crippen molar-refractivity contribution in [1.82, 2.24) is 10.6 Å². The van der Waals surface area contributed by atoms with Crippen LogP contribution in [0.4, 0.5) is 0 Å². The summed E-state index contributed by atoms with van der Waals surface area (Å²) in [5.74, 6) is -0.154. The zero-order valence-electron chi connectivity index (χ0n) is 11.8. The van der Waals surface area contributed by atoms with Crippen molar-refractivity contribution >= 4 is 17.5 Å². The molecule has 1 fully saturated rings. The van der Waals surface area contributed by atoms with Crippen molar-refractivity contribution in [3.63, 3.8) is 0 Å². The van der Waals surface area contributed by atoms with Crippen LogP contribution in [0.3, 0.4) is 0 Å². The molecule has 1 aliphatic heterocycles. The Morgan fingerprint density at radius 1 is 1.48 bits per heavy atom. The summed E-state index contributed by atoms with van der Waals surface area (Å²) in [4.78, 5) is 11.7. The molecule has 3 N–H and O–H groups in total. The van der Waals surface area contributed by atoms with Crippen LogP contribution in [-0.2, 0) is 9.53 Å². The van der Waals surface area contributed by atoms with E-state index in [2.05, 4.69) is 10.6 Å². The normalized spacial score (nSPS) is 19.4. The van der Waals surface area contributed by atoms with Crippen LogP contribution >= 0.6 is 11.6 Å². The van der Waals surface area contributed by atoms with Crippen molar-refractivity contribution in [2.24, 2.45) is 0 Å². The van der Waals surface area contributed by atoms with Crippen LogP contribution < -0.4 is 10.6 Å². The third kappa shape index (κ3) is 5.28. The van der Waals surface area contributed by atoms with Gasteiger partial charge in [0.15, 0.2) is 0 Å². The third-order valence-electron chi connectivity index (χ3n) is 3.44. The van der Waals surface area contributed by atoms with Crippen molar-refractivity contribution in [2.75, 3.05) is 26.2 Å². The quantitative estimate of drug-likeness (QED) is 0.709. The van der Waals surface area contributed by atoms with Crippen LogP contribution in [0.25, 0.3) is 0 Å². The number of ether oxygens (including phenoxy) is 1. The fraction of sp³-hybridized carbons (Fsp3) is 0.533. The largest absolute Gasteiger partial charge is 0.387 e. The monoisotopic (exact) mass is 312 g/mol. The number of nitrogens with one attached hydrogen (secondary N) is 2. The molecular weight excluding hydrogens is 292 g/mol. The number of hydrogen-bond donors (Lipinski definition) is 3. The maximum Gasteiger partial charge on any atom is 0.234 e. The van der Waals surface area contributed by atoms with Gasteiger partial charge in [0, 0.05) is 30.3 Å². The Bertz CT molecular complexity index is 464. The molecule has 0 aliphatic carbocycles. The van der Waals surface area contributed by atoms with Gasteiger partial charge in [-0.1, -0.05) is 29.8 Å². The van der Waals surface area contributed by atoms with Crippen LogP contribution in [0.15, 0.2) is 24.3 Å². The lowest BCUT2D eigenvalue weighted by molar-refractivity contribution is -0.120. The van der Waals surface area contributed by atoms with Gasteiger partial charge in [-0.05, 0) is 18.9 Å². The zero-order valence-corrected chi connectivity index (χ0v) is 12.6. The molecule has 0 spiro atoms. The average molecular weight is 313 g/mol. The Labute approximate surface area is 129 Å². The smallest absolute Gasteiger partial charge is 0.234 e. The molecule has 1 saturated heterocycles. The Hall–Kier alpha value is -1.14. The molecule has 2 rings (SSSR count). The van der Waals surface area contributed by atoms with Gasteiger partial charge in [0.2, 0.25) is 5.91 Å². The first-order valence-corrected chi connectivity index (χ1v) is 7.56. The molecule has 2 atom stereocenters. The highest BCUT2D eigenvalue weighted by molar-refractivity contribution is 6.31. The summed E-state index contributed by atoms with van der Waals surface area (Å²) in [5, 5.41) is 16.2.